The van der Waals surface area contributed by atoms with Crippen LogP contribution in [0, 0.1) is 11.3 Å². The summed E-state index contributed by atoms with van der Waals surface area (Å²) in [5.41, 5.74) is 7.95. The molecule has 1 heterocycles. The largest absolute Gasteiger partial charge is 0.487 e. The van der Waals surface area contributed by atoms with Crippen LogP contribution in [0.3, 0.4) is 0 Å². The first-order valence-corrected chi connectivity index (χ1v) is 5.58. The van der Waals surface area contributed by atoms with Gasteiger partial charge in [-0.25, -0.2) is 0 Å². The number of nitriles is 1. The first-order valence-electron chi connectivity index (χ1n) is 5.58. The lowest BCUT2D eigenvalue weighted by Crippen LogP contribution is -2.00. The molecule has 90 valence electrons. The average Bonchev–Trinajstić information content (AvgIpc) is 2.46. The number of hydrogen-bond acceptors (Lipinski definition) is 4. The predicted octanol–water partition coefficient (Wildman–Crippen LogP) is 1.99. The van der Waals surface area contributed by atoms with Crippen LogP contribution in [-0.4, -0.2) is 4.98 Å². The van der Waals surface area contributed by atoms with Crippen molar-refractivity contribution in [2.24, 2.45) is 5.73 Å². The van der Waals surface area contributed by atoms with Gasteiger partial charge in [0.05, 0.1) is 23.5 Å². The number of hydrogen-bond donors (Lipinski definition) is 1. The number of ether oxygens (including phenoxy) is 1. The van der Waals surface area contributed by atoms with Crippen LogP contribution in [0.25, 0.3) is 0 Å². The highest BCUT2D eigenvalue weighted by Crippen LogP contribution is 2.12. The third-order valence-electron chi connectivity index (χ3n) is 2.50. The van der Waals surface area contributed by atoms with E-state index in [2.05, 4.69) is 11.1 Å². The van der Waals surface area contributed by atoms with Gasteiger partial charge in [0.2, 0.25) is 0 Å². The number of rotatable bonds is 4. The quantitative estimate of drug-likeness (QED) is 0.885. The zero-order chi connectivity index (χ0) is 12.8. The molecule has 1 aromatic heterocycles. The fraction of sp³-hybridized carbons (Fsp3) is 0.143. The molecule has 0 aliphatic rings. The van der Waals surface area contributed by atoms with Crippen molar-refractivity contribution in [2.45, 2.75) is 13.2 Å². The standard InChI is InChI=1S/C14H13N3O/c15-7-11-1-3-12(4-2-11)10-18-14-6-5-13(8-16)17-9-14/h1-6,9H,8,10,16H2. The normalized spacial score (nSPS) is 9.78. The number of aromatic nitrogens is 1. The molecule has 4 heteroatoms. The Morgan fingerprint density at radius 2 is 1.94 bits per heavy atom. The molecule has 2 N–H and O–H groups in total. The molecular weight excluding hydrogens is 226 g/mol. The average molecular weight is 239 g/mol. The van der Waals surface area contributed by atoms with Gasteiger partial charge >= 0.3 is 0 Å². The number of pyridine rings is 1. The first-order chi connectivity index (χ1) is 8.81. The summed E-state index contributed by atoms with van der Waals surface area (Å²) in [5, 5.41) is 8.69. The molecule has 0 aliphatic heterocycles. The zero-order valence-electron chi connectivity index (χ0n) is 9.84. The van der Waals surface area contributed by atoms with E-state index in [1.165, 1.54) is 0 Å². The molecule has 0 amide bonds. The van der Waals surface area contributed by atoms with Crippen LogP contribution < -0.4 is 10.5 Å². The predicted molar refractivity (Wildman–Crippen MR) is 67.6 cm³/mol. The van der Waals surface area contributed by atoms with E-state index >= 15 is 0 Å². The second-order valence-electron chi connectivity index (χ2n) is 3.79. The van der Waals surface area contributed by atoms with Crippen molar-refractivity contribution in [1.29, 1.82) is 5.26 Å². The van der Waals surface area contributed by atoms with Gasteiger partial charge in [-0.05, 0) is 29.8 Å². The molecule has 0 unspecified atom stereocenters. The lowest BCUT2D eigenvalue weighted by atomic mass is 10.2. The van der Waals surface area contributed by atoms with Gasteiger partial charge in [0.15, 0.2) is 0 Å². The van der Waals surface area contributed by atoms with E-state index in [4.69, 9.17) is 15.7 Å². The minimum Gasteiger partial charge on any atom is -0.487 e. The lowest BCUT2D eigenvalue weighted by Gasteiger charge is -2.06. The van der Waals surface area contributed by atoms with Crippen molar-refractivity contribution < 1.29 is 4.74 Å². The molecule has 0 atom stereocenters. The first kappa shape index (κ1) is 12.1. The van der Waals surface area contributed by atoms with Crippen molar-refractivity contribution in [2.75, 3.05) is 0 Å². The minimum absolute atomic E-state index is 0.426. The molecule has 0 radical (unpaired) electrons. The van der Waals surface area contributed by atoms with Gasteiger partial charge in [-0.3, -0.25) is 4.98 Å². The molecule has 4 nitrogen and oxygen atoms in total. The fourth-order valence-electron chi connectivity index (χ4n) is 1.46. The maximum absolute atomic E-state index is 8.69. The number of benzene rings is 1. The van der Waals surface area contributed by atoms with Crippen LogP contribution >= 0.6 is 0 Å². The maximum atomic E-state index is 8.69. The summed E-state index contributed by atoms with van der Waals surface area (Å²) in [6.45, 7) is 0.880. The van der Waals surface area contributed by atoms with E-state index in [0.717, 1.165) is 11.3 Å². The van der Waals surface area contributed by atoms with Gasteiger partial charge in [0, 0.05) is 6.54 Å². The Balaban J connectivity index is 1.95. The Kier molecular flexibility index (Phi) is 3.90. The Labute approximate surface area is 106 Å². The Morgan fingerprint density at radius 3 is 2.50 bits per heavy atom. The molecule has 2 rings (SSSR count). The summed E-state index contributed by atoms with van der Waals surface area (Å²) in [6.07, 6.45) is 1.66. The summed E-state index contributed by atoms with van der Waals surface area (Å²) in [6, 6.07) is 13.1. The Hall–Kier alpha value is -2.38. The summed E-state index contributed by atoms with van der Waals surface area (Å²) in [5.74, 6) is 0.705. The minimum atomic E-state index is 0.426. The number of nitrogens with two attached hydrogens (primary N) is 1. The Morgan fingerprint density at radius 1 is 1.17 bits per heavy atom. The van der Waals surface area contributed by atoms with Crippen molar-refractivity contribution in [3.05, 3.63) is 59.4 Å². The van der Waals surface area contributed by atoms with Gasteiger partial charge in [-0.2, -0.15) is 5.26 Å². The number of nitrogens with zero attached hydrogens (tertiary/aromatic N) is 2. The third kappa shape index (κ3) is 3.06. The Bertz CT molecular complexity index is 541. The van der Waals surface area contributed by atoms with Crippen molar-refractivity contribution >= 4 is 0 Å². The van der Waals surface area contributed by atoms with Crippen molar-refractivity contribution in [1.82, 2.24) is 4.98 Å². The van der Waals surface area contributed by atoms with Crippen LogP contribution in [0.1, 0.15) is 16.8 Å². The van der Waals surface area contributed by atoms with E-state index in [-0.39, 0.29) is 0 Å². The highest BCUT2D eigenvalue weighted by Gasteiger charge is 1.98. The van der Waals surface area contributed by atoms with Crippen LogP contribution in [0.4, 0.5) is 0 Å². The molecule has 1 aromatic carbocycles. The molecule has 0 aliphatic carbocycles. The summed E-state index contributed by atoms with van der Waals surface area (Å²) < 4.78 is 5.58. The van der Waals surface area contributed by atoms with Crippen LogP contribution in [0.2, 0.25) is 0 Å². The lowest BCUT2D eigenvalue weighted by molar-refractivity contribution is 0.305. The second kappa shape index (κ2) is 5.80. The summed E-state index contributed by atoms with van der Waals surface area (Å²) in [7, 11) is 0. The fourth-order valence-corrected chi connectivity index (χ4v) is 1.46. The van der Waals surface area contributed by atoms with Gasteiger partial charge in [0.1, 0.15) is 12.4 Å². The van der Waals surface area contributed by atoms with Crippen LogP contribution in [0.5, 0.6) is 5.75 Å². The van der Waals surface area contributed by atoms with Gasteiger partial charge < -0.3 is 10.5 Å². The molecule has 0 saturated heterocycles. The smallest absolute Gasteiger partial charge is 0.138 e. The third-order valence-corrected chi connectivity index (χ3v) is 2.50. The maximum Gasteiger partial charge on any atom is 0.138 e. The molecule has 0 fully saturated rings. The molecule has 0 bridgehead atoms. The summed E-state index contributed by atoms with van der Waals surface area (Å²) >= 11 is 0. The zero-order valence-corrected chi connectivity index (χ0v) is 9.84. The molecule has 0 saturated carbocycles. The van der Waals surface area contributed by atoms with Gasteiger partial charge in [-0.1, -0.05) is 12.1 Å². The summed E-state index contributed by atoms with van der Waals surface area (Å²) in [4.78, 5) is 4.14. The molecule has 2 aromatic rings. The van der Waals surface area contributed by atoms with Crippen molar-refractivity contribution in [3.63, 3.8) is 0 Å². The van der Waals surface area contributed by atoms with Crippen LogP contribution in [0.15, 0.2) is 42.6 Å². The SMILES string of the molecule is N#Cc1ccc(COc2ccc(CN)nc2)cc1. The van der Waals surface area contributed by atoms with Crippen LogP contribution in [-0.2, 0) is 13.2 Å². The van der Waals surface area contributed by atoms with E-state index < -0.39 is 0 Å². The monoisotopic (exact) mass is 239 g/mol. The van der Waals surface area contributed by atoms with Crippen molar-refractivity contribution in [3.8, 4) is 11.8 Å². The van der Waals surface area contributed by atoms with E-state index in [1.54, 1.807) is 18.3 Å². The topological polar surface area (TPSA) is 71.9 Å². The van der Waals surface area contributed by atoms with E-state index in [9.17, 15) is 0 Å². The molecular formula is C14H13N3O. The van der Waals surface area contributed by atoms with Gasteiger partial charge in [-0.15, -0.1) is 0 Å². The highest BCUT2D eigenvalue weighted by atomic mass is 16.5. The van der Waals surface area contributed by atoms with E-state index in [1.807, 2.05) is 24.3 Å². The molecule has 18 heavy (non-hydrogen) atoms. The van der Waals surface area contributed by atoms with Gasteiger partial charge in [0.25, 0.3) is 0 Å². The molecule has 0 spiro atoms. The van der Waals surface area contributed by atoms with E-state index in [0.29, 0.717) is 24.5 Å². The second-order valence-corrected chi connectivity index (χ2v) is 3.79. The highest BCUT2D eigenvalue weighted by molar-refractivity contribution is 5.31.